The van der Waals surface area contributed by atoms with Gasteiger partial charge in [-0.05, 0) is 11.5 Å². The summed E-state index contributed by atoms with van der Waals surface area (Å²) in [5.41, 5.74) is 0. The van der Waals surface area contributed by atoms with Gasteiger partial charge in [-0.2, -0.15) is 0 Å². The smallest absolute Gasteiger partial charge is 0.0288 e. The van der Waals surface area contributed by atoms with Crippen molar-refractivity contribution in [2.24, 2.45) is 0 Å². The molecule has 1 atom stereocenters. The van der Waals surface area contributed by atoms with E-state index < -0.39 is 6.26 Å². The number of hydrogen-bond donors (Lipinski definition) is 0. The molecule has 0 bridgehead atoms. The molecular weight excluding hydrogens is 175 g/mol. The van der Waals surface area contributed by atoms with Crippen LogP contribution < -0.4 is 10.2 Å². The van der Waals surface area contributed by atoms with E-state index in [2.05, 4.69) is 0 Å². The van der Waals surface area contributed by atoms with Crippen LogP contribution in [-0.4, -0.2) is 6.16 Å². The van der Waals surface area contributed by atoms with E-state index in [0.717, 1.165) is 5.30 Å². The van der Waals surface area contributed by atoms with Crippen LogP contribution in [0.25, 0.3) is 0 Å². The summed E-state index contributed by atoms with van der Waals surface area (Å²) in [6.07, 6.45) is -1.88. The molecule has 0 aliphatic rings. The van der Waals surface area contributed by atoms with Crippen molar-refractivity contribution in [1.29, 1.82) is 0 Å². The summed E-state index contributed by atoms with van der Waals surface area (Å²) < 4.78 is 0. The van der Waals surface area contributed by atoms with Crippen molar-refractivity contribution in [3.05, 3.63) is 30.3 Å². The Morgan fingerprint density at radius 1 is 1.36 bits per heavy atom. The zero-order valence-corrected chi connectivity index (χ0v) is 8.07. The molecule has 0 N–H and O–H groups in total. The van der Waals surface area contributed by atoms with Gasteiger partial charge in [0.1, 0.15) is 0 Å². The molecule has 0 fully saturated rings. The van der Waals surface area contributed by atoms with E-state index in [0.29, 0.717) is 6.16 Å². The Hall–Kier alpha value is -0.170. The van der Waals surface area contributed by atoms with Crippen LogP contribution in [0.5, 0.6) is 0 Å². The van der Waals surface area contributed by atoms with Crippen LogP contribution in [0.3, 0.4) is 0 Å². The van der Waals surface area contributed by atoms with Gasteiger partial charge in [-0.1, -0.05) is 43.5 Å². The molecule has 11 heavy (non-hydrogen) atoms. The lowest BCUT2D eigenvalue weighted by Gasteiger charge is -2.26. The van der Waals surface area contributed by atoms with Gasteiger partial charge >= 0.3 is 0 Å². The third kappa shape index (κ3) is 2.13. The highest BCUT2D eigenvalue weighted by atomic mass is 32.4. The van der Waals surface area contributed by atoms with Gasteiger partial charge in [0.05, 0.1) is 0 Å². The van der Waals surface area contributed by atoms with Crippen LogP contribution in [-0.2, 0) is 11.8 Å². The van der Waals surface area contributed by atoms with Crippen LogP contribution in [0.15, 0.2) is 30.3 Å². The summed E-state index contributed by atoms with van der Waals surface area (Å²) in [5.74, 6) is 0. The molecule has 3 heteroatoms. The summed E-state index contributed by atoms with van der Waals surface area (Å²) in [4.78, 5) is 11.6. The highest BCUT2D eigenvalue weighted by Gasteiger charge is 2.00. The molecule has 0 saturated heterocycles. The summed E-state index contributed by atoms with van der Waals surface area (Å²) in [6, 6.07) is 9.29. The Morgan fingerprint density at radius 3 is 2.36 bits per heavy atom. The maximum atomic E-state index is 11.6. The van der Waals surface area contributed by atoms with Crippen molar-refractivity contribution < 1.29 is 4.89 Å². The van der Waals surface area contributed by atoms with Gasteiger partial charge in [0.2, 0.25) is 0 Å². The fraction of sp³-hybridized carbons (Fsp3) is 0.250. The molecule has 0 amide bonds. The Bertz CT molecular complexity index is 271. The van der Waals surface area contributed by atoms with Gasteiger partial charge in [0.25, 0.3) is 0 Å². The molecule has 0 heterocycles. The average molecular weight is 185 g/mol. The van der Waals surface area contributed by atoms with E-state index in [1.807, 2.05) is 37.3 Å². The Labute approximate surface area is 72.2 Å². The van der Waals surface area contributed by atoms with Crippen molar-refractivity contribution in [3.8, 4) is 0 Å². The van der Waals surface area contributed by atoms with Crippen LogP contribution in [0.2, 0.25) is 0 Å². The third-order valence-corrected chi connectivity index (χ3v) is 4.89. The molecule has 1 unspecified atom stereocenters. The summed E-state index contributed by atoms with van der Waals surface area (Å²) in [6.45, 7) is 1.86. The summed E-state index contributed by atoms with van der Waals surface area (Å²) >= 11 is 4.97. The van der Waals surface area contributed by atoms with Gasteiger partial charge < -0.3 is 4.89 Å². The lowest BCUT2D eigenvalue weighted by Crippen LogP contribution is -2.15. The first-order valence-corrected chi connectivity index (χ1v) is 6.43. The van der Waals surface area contributed by atoms with Crippen LogP contribution in [0.4, 0.5) is 0 Å². The molecule has 0 aromatic heterocycles. The minimum atomic E-state index is -2.44. The second-order valence-electron chi connectivity index (χ2n) is 2.33. The maximum absolute atomic E-state index is 11.6. The standard InChI is InChI=1S/C8H11OPS/c1-2-10(9,11)8-6-4-3-5-7-8/h3-7H,2H2,1H3,(H,9,11)/p-1. The molecule has 1 aromatic carbocycles. The Kier molecular flexibility index (Phi) is 2.83. The van der Waals surface area contributed by atoms with Gasteiger partial charge in [0.15, 0.2) is 0 Å². The van der Waals surface area contributed by atoms with Crippen molar-refractivity contribution in [2.45, 2.75) is 6.92 Å². The zero-order valence-electron chi connectivity index (χ0n) is 6.36. The zero-order chi connectivity index (χ0) is 8.32. The molecule has 1 rings (SSSR count). The fourth-order valence-corrected chi connectivity index (χ4v) is 2.19. The SMILES string of the molecule is CCP([O-])(=S)c1ccccc1. The van der Waals surface area contributed by atoms with Gasteiger partial charge in [-0.25, -0.2) is 0 Å². The van der Waals surface area contributed by atoms with E-state index in [4.69, 9.17) is 11.8 Å². The molecule has 60 valence electrons. The highest BCUT2D eigenvalue weighted by Crippen LogP contribution is 2.33. The lowest BCUT2D eigenvalue weighted by atomic mass is 10.4. The first kappa shape index (κ1) is 8.92. The summed E-state index contributed by atoms with van der Waals surface area (Å²) in [5, 5.41) is 0.803. The average Bonchev–Trinajstić information content (AvgIpc) is 2.06. The first-order valence-electron chi connectivity index (χ1n) is 3.52. The van der Waals surface area contributed by atoms with E-state index in [1.54, 1.807) is 0 Å². The predicted octanol–water partition coefficient (Wildman–Crippen LogP) is 1.09. The van der Waals surface area contributed by atoms with Crippen molar-refractivity contribution in [2.75, 3.05) is 6.16 Å². The van der Waals surface area contributed by atoms with Crippen LogP contribution >= 0.6 is 6.26 Å². The quantitative estimate of drug-likeness (QED) is 0.644. The van der Waals surface area contributed by atoms with Gasteiger partial charge in [-0.3, -0.25) is 0 Å². The molecule has 0 spiro atoms. The number of hydrogen-bond acceptors (Lipinski definition) is 2. The monoisotopic (exact) mass is 185 g/mol. The summed E-state index contributed by atoms with van der Waals surface area (Å²) in [7, 11) is 0. The molecule has 1 nitrogen and oxygen atoms in total. The lowest BCUT2D eigenvalue weighted by molar-refractivity contribution is -0.157. The fourth-order valence-electron chi connectivity index (χ4n) is 0.838. The normalized spacial score (nSPS) is 15.8. The molecule has 0 aliphatic heterocycles. The van der Waals surface area contributed by atoms with Gasteiger partial charge in [0, 0.05) is 0 Å². The topological polar surface area (TPSA) is 23.1 Å². The molecule has 0 aliphatic carbocycles. The van der Waals surface area contributed by atoms with Crippen LogP contribution in [0, 0.1) is 0 Å². The van der Waals surface area contributed by atoms with E-state index in [-0.39, 0.29) is 0 Å². The maximum Gasteiger partial charge on any atom is -0.0288 e. The van der Waals surface area contributed by atoms with Crippen LogP contribution in [0.1, 0.15) is 6.92 Å². The number of benzene rings is 1. The molecule has 0 radical (unpaired) electrons. The number of rotatable bonds is 2. The van der Waals surface area contributed by atoms with Crippen molar-refractivity contribution >= 4 is 23.4 Å². The highest BCUT2D eigenvalue weighted by molar-refractivity contribution is 8.14. The van der Waals surface area contributed by atoms with Crippen molar-refractivity contribution in [1.82, 2.24) is 0 Å². The Balaban J connectivity index is 3.03. The second kappa shape index (κ2) is 3.48. The first-order chi connectivity index (χ1) is 5.17. The van der Waals surface area contributed by atoms with Gasteiger partial charge in [-0.15, -0.1) is 11.8 Å². The molecule has 1 aromatic rings. The molecular formula is C8H10OPS-. The Morgan fingerprint density at radius 2 is 1.91 bits per heavy atom. The van der Waals surface area contributed by atoms with Crippen molar-refractivity contribution in [3.63, 3.8) is 0 Å². The minimum Gasteiger partial charge on any atom is -0.818 e. The predicted molar refractivity (Wildman–Crippen MR) is 50.9 cm³/mol. The largest absolute Gasteiger partial charge is 0.818 e. The minimum absolute atomic E-state index is 0.562. The van der Waals surface area contributed by atoms with E-state index in [9.17, 15) is 4.89 Å². The van der Waals surface area contributed by atoms with E-state index in [1.165, 1.54) is 0 Å². The second-order valence-corrected chi connectivity index (χ2v) is 6.59. The van der Waals surface area contributed by atoms with E-state index >= 15 is 0 Å². The third-order valence-electron chi connectivity index (χ3n) is 1.57. The molecule has 0 saturated carbocycles.